The maximum Gasteiger partial charge on any atom is 0.234 e. The molecule has 0 fully saturated rings. The summed E-state index contributed by atoms with van der Waals surface area (Å²) in [7, 11) is 0. The molecule has 0 spiro atoms. The third-order valence-corrected chi connectivity index (χ3v) is 5.40. The maximum absolute atomic E-state index is 12.3. The lowest BCUT2D eigenvalue weighted by Gasteiger charge is -2.29. The monoisotopic (exact) mass is 404 g/mol. The number of hydrogen-bond donors (Lipinski definition) is 1. The summed E-state index contributed by atoms with van der Waals surface area (Å²) in [5, 5.41) is 10.8. The van der Waals surface area contributed by atoms with Gasteiger partial charge in [0.05, 0.1) is 17.5 Å². The van der Waals surface area contributed by atoms with Crippen molar-refractivity contribution in [3.05, 3.63) is 58.1 Å². The SMILES string of the molecule is O=C(CSC1=Nc2ccccc2C2CC=NN12)Nc1cc(Cl)cc(Cl)c1. The van der Waals surface area contributed by atoms with E-state index in [1.807, 2.05) is 29.4 Å². The van der Waals surface area contributed by atoms with E-state index in [-0.39, 0.29) is 17.7 Å². The van der Waals surface area contributed by atoms with Crippen molar-refractivity contribution in [2.45, 2.75) is 12.5 Å². The zero-order valence-corrected chi connectivity index (χ0v) is 15.9. The van der Waals surface area contributed by atoms with E-state index < -0.39 is 0 Å². The third-order valence-electron chi connectivity index (χ3n) is 4.02. The average molecular weight is 405 g/mol. The van der Waals surface area contributed by atoms with Crippen molar-refractivity contribution in [3.63, 3.8) is 0 Å². The molecule has 8 heteroatoms. The number of amides is 1. The Kier molecular flexibility index (Phi) is 4.89. The Balaban J connectivity index is 1.46. The summed E-state index contributed by atoms with van der Waals surface area (Å²) in [5.41, 5.74) is 2.66. The molecular weight excluding hydrogens is 391 g/mol. The molecule has 2 aliphatic heterocycles. The number of carbonyl (C=O) groups excluding carboxylic acids is 1. The molecule has 132 valence electrons. The van der Waals surface area contributed by atoms with Crippen molar-refractivity contribution >= 4 is 63.6 Å². The van der Waals surface area contributed by atoms with Gasteiger partial charge in [0.25, 0.3) is 0 Å². The van der Waals surface area contributed by atoms with Crippen LogP contribution in [-0.2, 0) is 4.79 Å². The topological polar surface area (TPSA) is 57.1 Å². The zero-order chi connectivity index (χ0) is 18.1. The van der Waals surface area contributed by atoms with Gasteiger partial charge >= 0.3 is 0 Å². The standard InChI is InChI=1S/C18H14Cl2N4OS/c19-11-7-12(20)9-13(8-11)22-17(25)10-26-18-23-15-4-2-1-3-14(15)16-5-6-21-24(16)18/h1-4,6-9,16H,5,10H2,(H,22,25). The number of rotatable bonds is 3. The van der Waals surface area contributed by atoms with Crippen LogP contribution >= 0.6 is 35.0 Å². The van der Waals surface area contributed by atoms with E-state index in [2.05, 4.69) is 21.5 Å². The highest BCUT2D eigenvalue weighted by Crippen LogP contribution is 2.40. The Labute approximate surface area is 165 Å². The molecule has 0 bridgehead atoms. The van der Waals surface area contributed by atoms with Crippen LogP contribution in [0.2, 0.25) is 10.0 Å². The minimum atomic E-state index is -0.158. The first-order chi connectivity index (χ1) is 12.6. The molecule has 0 radical (unpaired) electrons. The van der Waals surface area contributed by atoms with Gasteiger partial charge in [-0.15, -0.1) is 0 Å². The Morgan fingerprint density at radius 1 is 1.23 bits per heavy atom. The van der Waals surface area contributed by atoms with Crippen LogP contribution in [0.15, 0.2) is 52.6 Å². The number of fused-ring (bicyclic) bond motifs is 3. The lowest BCUT2D eigenvalue weighted by atomic mass is 10.0. The third kappa shape index (κ3) is 3.58. The van der Waals surface area contributed by atoms with E-state index >= 15 is 0 Å². The predicted octanol–water partition coefficient (Wildman–Crippen LogP) is 5.10. The number of amidine groups is 1. The normalized spacial score (nSPS) is 17.5. The lowest BCUT2D eigenvalue weighted by Crippen LogP contribution is -2.29. The number of aliphatic imine (C=N–C) groups is 1. The van der Waals surface area contributed by atoms with Gasteiger partial charge in [-0.2, -0.15) is 5.10 Å². The molecule has 1 N–H and O–H groups in total. The average Bonchev–Trinajstić information content (AvgIpc) is 3.09. The van der Waals surface area contributed by atoms with Crippen LogP contribution in [0.4, 0.5) is 11.4 Å². The fraction of sp³-hybridized carbons (Fsp3) is 0.167. The minimum Gasteiger partial charge on any atom is -0.325 e. The second kappa shape index (κ2) is 7.31. The van der Waals surface area contributed by atoms with Gasteiger partial charge in [0.2, 0.25) is 5.91 Å². The fourth-order valence-electron chi connectivity index (χ4n) is 2.93. The largest absolute Gasteiger partial charge is 0.325 e. The molecule has 5 nitrogen and oxygen atoms in total. The summed E-state index contributed by atoms with van der Waals surface area (Å²) in [6.45, 7) is 0. The van der Waals surface area contributed by atoms with Crippen LogP contribution in [0.5, 0.6) is 0 Å². The predicted molar refractivity (Wildman–Crippen MR) is 109 cm³/mol. The molecule has 26 heavy (non-hydrogen) atoms. The highest BCUT2D eigenvalue weighted by molar-refractivity contribution is 8.14. The smallest absolute Gasteiger partial charge is 0.234 e. The number of halogens is 2. The van der Waals surface area contributed by atoms with Gasteiger partial charge in [-0.25, -0.2) is 10.0 Å². The molecular formula is C18H14Cl2N4OS. The molecule has 0 aliphatic carbocycles. The number of para-hydroxylation sites is 1. The Hall–Kier alpha value is -2.02. The van der Waals surface area contributed by atoms with Crippen molar-refractivity contribution < 1.29 is 4.79 Å². The molecule has 1 atom stereocenters. The minimum absolute atomic E-state index is 0.154. The van der Waals surface area contributed by atoms with Gasteiger partial charge in [0.15, 0.2) is 5.17 Å². The van der Waals surface area contributed by atoms with E-state index in [4.69, 9.17) is 23.2 Å². The molecule has 2 aliphatic rings. The Bertz CT molecular complexity index is 911. The molecule has 1 amide bonds. The van der Waals surface area contributed by atoms with Crippen molar-refractivity contribution in [2.24, 2.45) is 10.1 Å². The molecule has 4 rings (SSSR count). The molecule has 0 aromatic heterocycles. The van der Waals surface area contributed by atoms with Crippen LogP contribution < -0.4 is 5.32 Å². The first-order valence-corrected chi connectivity index (χ1v) is 9.72. The summed E-state index contributed by atoms with van der Waals surface area (Å²) in [5.74, 6) is 0.0544. The maximum atomic E-state index is 12.3. The first kappa shape index (κ1) is 17.4. The highest BCUT2D eigenvalue weighted by Gasteiger charge is 2.32. The molecule has 1 unspecified atom stereocenters. The number of benzene rings is 2. The molecule has 2 aromatic carbocycles. The van der Waals surface area contributed by atoms with Crippen LogP contribution in [0.3, 0.4) is 0 Å². The lowest BCUT2D eigenvalue weighted by molar-refractivity contribution is -0.113. The van der Waals surface area contributed by atoms with Crippen LogP contribution in [-0.4, -0.2) is 28.1 Å². The summed E-state index contributed by atoms with van der Waals surface area (Å²) >= 11 is 13.3. The number of thioether (sulfide) groups is 1. The van der Waals surface area contributed by atoms with Gasteiger partial charge in [0.1, 0.15) is 0 Å². The van der Waals surface area contributed by atoms with Gasteiger partial charge in [-0.05, 0) is 24.3 Å². The number of nitrogens with zero attached hydrogens (tertiary/aromatic N) is 3. The molecule has 0 saturated carbocycles. The van der Waals surface area contributed by atoms with E-state index in [0.29, 0.717) is 15.7 Å². The van der Waals surface area contributed by atoms with Gasteiger partial charge in [-0.3, -0.25) is 4.79 Å². The number of anilines is 1. The fourth-order valence-corrected chi connectivity index (χ4v) is 4.26. The van der Waals surface area contributed by atoms with E-state index in [1.54, 1.807) is 18.2 Å². The summed E-state index contributed by atoms with van der Waals surface area (Å²) in [4.78, 5) is 17.0. The number of hydrazone groups is 1. The first-order valence-electron chi connectivity index (χ1n) is 7.98. The van der Waals surface area contributed by atoms with Gasteiger partial charge in [0, 0.05) is 33.9 Å². The van der Waals surface area contributed by atoms with E-state index in [9.17, 15) is 4.79 Å². The summed E-state index contributed by atoms with van der Waals surface area (Å²) in [6, 6.07) is 13.1. The zero-order valence-electron chi connectivity index (χ0n) is 13.5. The second-order valence-electron chi connectivity index (χ2n) is 5.84. The van der Waals surface area contributed by atoms with Gasteiger partial charge in [-0.1, -0.05) is 53.2 Å². The van der Waals surface area contributed by atoms with E-state index in [1.165, 1.54) is 11.8 Å². The van der Waals surface area contributed by atoms with Crippen LogP contribution in [0, 0.1) is 0 Å². The Morgan fingerprint density at radius 2 is 2.00 bits per heavy atom. The van der Waals surface area contributed by atoms with Crippen LogP contribution in [0.1, 0.15) is 18.0 Å². The van der Waals surface area contributed by atoms with Gasteiger partial charge < -0.3 is 5.32 Å². The molecule has 0 saturated heterocycles. The van der Waals surface area contributed by atoms with Crippen molar-refractivity contribution in [1.82, 2.24) is 5.01 Å². The second-order valence-corrected chi connectivity index (χ2v) is 7.66. The number of hydrogen-bond acceptors (Lipinski definition) is 5. The summed E-state index contributed by atoms with van der Waals surface area (Å²) < 4.78 is 0. The number of nitrogens with one attached hydrogen (secondary N) is 1. The van der Waals surface area contributed by atoms with E-state index in [0.717, 1.165) is 22.8 Å². The number of carbonyl (C=O) groups is 1. The van der Waals surface area contributed by atoms with Crippen molar-refractivity contribution in [3.8, 4) is 0 Å². The molecule has 2 aromatic rings. The quantitative estimate of drug-likeness (QED) is 0.773. The van der Waals surface area contributed by atoms with Crippen molar-refractivity contribution in [2.75, 3.05) is 11.1 Å². The Morgan fingerprint density at radius 3 is 2.81 bits per heavy atom. The van der Waals surface area contributed by atoms with Crippen molar-refractivity contribution in [1.29, 1.82) is 0 Å². The summed E-state index contributed by atoms with van der Waals surface area (Å²) in [6.07, 6.45) is 2.72. The highest BCUT2D eigenvalue weighted by atomic mass is 35.5. The van der Waals surface area contributed by atoms with Crippen LogP contribution in [0.25, 0.3) is 0 Å². The molecule has 2 heterocycles.